The van der Waals surface area contributed by atoms with Crippen LogP contribution in [0, 0.1) is 0 Å². The van der Waals surface area contributed by atoms with Gasteiger partial charge in [0, 0.05) is 18.5 Å². The smallest absolute Gasteiger partial charge is 0.251 e. The third-order valence-electron chi connectivity index (χ3n) is 3.42. The zero-order valence-electron chi connectivity index (χ0n) is 12.7. The summed E-state index contributed by atoms with van der Waals surface area (Å²) in [4.78, 5) is 12.0. The number of methoxy groups -OCH3 is 1. The molecule has 0 radical (unpaired) electrons. The highest BCUT2D eigenvalue weighted by atomic mass is 16.6. The van der Waals surface area contributed by atoms with Gasteiger partial charge in [0.2, 0.25) is 0 Å². The van der Waals surface area contributed by atoms with Gasteiger partial charge in [-0.1, -0.05) is 13.3 Å². The molecule has 0 aromatic heterocycles. The van der Waals surface area contributed by atoms with Crippen LogP contribution in [0.15, 0.2) is 18.2 Å². The van der Waals surface area contributed by atoms with Crippen molar-refractivity contribution in [3.05, 3.63) is 23.8 Å². The van der Waals surface area contributed by atoms with Crippen molar-refractivity contribution in [1.29, 1.82) is 0 Å². The standard InChI is InChI=1S/C16H23NO4/c1-3-4-8-17-16(18)12-5-6-14(15(10-12)19-2)21-13-7-9-20-11-13/h5-6,10,13H,3-4,7-9,11H2,1-2H3,(H,17,18). The molecular weight excluding hydrogens is 270 g/mol. The summed E-state index contributed by atoms with van der Waals surface area (Å²) in [6, 6.07) is 5.26. The van der Waals surface area contributed by atoms with Gasteiger partial charge in [0.25, 0.3) is 5.91 Å². The van der Waals surface area contributed by atoms with Gasteiger partial charge < -0.3 is 19.5 Å². The third kappa shape index (κ3) is 4.36. The van der Waals surface area contributed by atoms with Crippen molar-refractivity contribution in [1.82, 2.24) is 5.32 Å². The lowest BCUT2D eigenvalue weighted by atomic mass is 10.2. The fourth-order valence-electron chi connectivity index (χ4n) is 2.17. The molecule has 1 aromatic carbocycles. The normalized spacial score (nSPS) is 17.5. The van der Waals surface area contributed by atoms with Gasteiger partial charge in [-0.25, -0.2) is 0 Å². The molecule has 0 spiro atoms. The van der Waals surface area contributed by atoms with Crippen LogP contribution in [0.5, 0.6) is 11.5 Å². The number of nitrogens with one attached hydrogen (secondary N) is 1. The van der Waals surface area contributed by atoms with E-state index in [4.69, 9.17) is 14.2 Å². The Hall–Kier alpha value is -1.75. The zero-order valence-corrected chi connectivity index (χ0v) is 12.7. The molecule has 5 heteroatoms. The highest BCUT2D eigenvalue weighted by Crippen LogP contribution is 2.30. The number of ether oxygens (including phenoxy) is 3. The van der Waals surface area contributed by atoms with Crippen molar-refractivity contribution in [3.8, 4) is 11.5 Å². The highest BCUT2D eigenvalue weighted by molar-refractivity contribution is 5.94. The molecule has 1 aliphatic heterocycles. The quantitative estimate of drug-likeness (QED) is 0.784. The summed E-state index contributed by atoms with van der Waals surface area (Å²) in [5, 5.41) is 2.89. The first kappa shape index (κ1) is 15.6. The van der Waals surface area contributed by atoms with E-state index in [1.54, 1.807) is 25.3 Å². The third-order valence-corrected chi connectivity index (χ3v) is 3.42. The first-order valence-electron chi connectivity index (χ1n) is 7.45. The number of carbonyl (C=O) groups excluding carboxylic acids is 1. The summed E-state index contributed by atoms with van der Waals surface area (Å²) in [5.41, 5.74) is 0.581. The van der Waals surface area contributed by atoms with Crippen LogP contribution in [-0.4, -0.2) is 38.9 Å². The zero-order chi connectivity index (χ0) is 15.1. The fourth-order valence-corrected chi connectivity index (χ4v) is 2.17. The average Bonchev–Trinajstić information content (AvgIpc) is 3.00. The maximum atomic E-state index is 12.0. The van der Waals surface area contributed by atoms with E-state index in [0.717, 1.165) is 25.9 Å². The molecule has 1 aliphatic rings. The van der Waals surface area contributed by atoms with E-state index in [9.17, 15) is 4.79 Å². The number of amides is 1. The number of carbonyl (C=O) groups is 1. The van der Waals surface area contributed by atoms with E-state index in [2.05, 4.69) is 12.2 Å². The molecule has 1 atom stereocenters. The molecule has 21 heavy (non-hydrogen) atoms. The number of unbranched alkanes of at least 4 members (excludes halogenated alkanes) is 1. The van der Waals surface area contributed by atoms with Gasteiger partial charge in [-0.15, -0.1) is 0 Å². The monoisotopic (exact) mass is 293 g/mol. The molecule has 1 fully saturated rings. The van der Waals surface area contributed by atoms with Crippen LogP contribution < -0.4 is 14.8 Å². The summed E-state index contributed by atoms with van der Waals surface area (Å²) in [5.74, 6) is 1.14. The maximum absolute atomic E-state index is 12.0. The fraction of sp³-hybridized carbons (Fsp3) is 0.562. The van der Waals surface area contributed by atoms with Crippen molar-refractivity contribution in [2.45, 2.75) is 32.3 Å². The molecule has 1 amide bonds. The second-order valence-corrected chi connectivity index (χ2v) is 5.08. The number of rotatable bonds is 7. The molecule has 5 nitrogen and oxygen atoms in total. The second kappa shape index (κ2) is 7.88. The van der Waals surface area contributed by atoms with Crippen LogP contribution in [-0.2, 0) is 4.74 Å². The lowest BCUT2D eigenvalue weighted by molar-refractivity contribution is 0.0952. The summed E-state index contributed by atoms with van der Waals surface area (Å²) in [7, 11) is 1.58. The van der Waals surface area contributed by atoms with E-state index in [-0.39, 0.29) is 12.0 Å². The minimum atomic E-state index is -0.0856. The topological polar surface area (TPSA) is 56.8 Å². The van der Waals surface area contributed by atoms with Gasteiger partial charge in [-0.3, -0.25) is 4.79 Å². The maximum Gasteiger partial charge on any atom is 0.251 e. The molecule has 1 unspecified atom stereocenters. The van der Waals surface area contributed by atoms with Crippen molar-refractivity contribution < 1.29 is 19.0 Å². The predicted octanol–water partition coefficient (Wildman–Crippen LogP) is 2.39. The van der Waals surface area contributed by atoms with Crippen LogP contribution >= 0.6 is 0 Å². The largest absolute Gasteiger partial charge is 0.493 e. The molecule has 2 rings (SSSR count). The van der Waals surface area contributed by atoms with E-state index in [1.807, 2.05) is 0 Å². The summed E-state index contributed by atoms with van der Waals surface area (Å²) >= 11 is 0. The van der Waals surface area contributed by atoms with Crippen LogP contribution in [0.25, 0.3) is 0 Å². The average molecular weight is 293 g/mol. The molecule has 0 bridgehead atoms. The molecule has 0 aliphatic carbocycles. The second-order valence-electron chi connectivity index (χ2n) is 5.08. The Morgan fingerprint density at radius 1 is 1.43 bits per heavy atom. The van der Waals surface area contributed by atoms with Crippen molar-refractivity contribution in [3.63, 3.8) is 0 Å². The van der Waals surface area contributed by atoms with Gasteiger partial charge in [-0.05, 0) is 24.6 Å². The lowest BCUT2D eigenvalue weighted by Gasteiger charge is -2.15. The van der Waals surface area contributed by atoms with Gasteiger partial charge in [-0.2, -0.15) is 0 Å². The molecule has 0 saturated carbocycles. The Morgan fingerprint density at radius 3 is 2.95 bits per heavy atom. The van der Waals surface area contributed by atoms with Crippen LogP contribution in [0.3, 0.4) is 0 Å². The molecule has 1 heterocycles. The van der Waals surface area contributed by atoms with E-state index >= 15 is 0 Å². The van der Waals surface area contributed by atoms with Crippen molar-refractivity contribution in [2.24, 2.45) is 0 Å². The first-order valence-corrected chi connectivity index (χ1v) is 7.45. The minimum absolute atomic E-state index is 0.0585. The SMILES string of the molecule is CCCCNC(=O)c1ccc(OC2CCOC2)c(OC)c1. The van der Waals surface area contributed by atoms with E-state index < -0.39 is 0 Å². The van der Waals surface area contributed by atoms with Gasteiger partial charge in [0.05, 0.1) is 20.3 Å². The molecule has 116 valence electrons. The Morgan fingerprint density at radius 2 is 2.29 bits per heavy atom. The molecule has 1 saturated heterocycles. The minimum Gasteiger partial charge on any atom is -0.493 e. The molecular formula is C16H23NO4. The number of benzene rings is 1. The Labute approximate surface area is 125 Å². The van der Waals surface area contributed by atoms with Crippen LogP contribution in [0.1, 0.15) is 36.5 Å². The van der Waals surface area contributed by atoms with Gasteiger partial charge in [0.1, 0.15) is 6.10 Å². The van der Waals surface area contributed by atoms with Gasteiger partial charge in [0.15, 0.2) is 11.5 Å². The molecule has 1 aromatic rings. The first-order chi connectivity index (χ1) is 10.2. The Balaban J connectivity index is 2.02. The van der Waals surface area contributed by atoms with Crippen molar-refractivity contribution >= 4 is 5.91 Å². The van der Waals surface area contributed by atoms with Gasteiger partial charge >= 0.3 is 0 Å². The number of hydrogen-bond donors (Lipinski definition) is 1. The predicted molar refractivity (Wildman–Crippen MR) is 80.1 cm³/mol. The summed E-state index contributed by atoms with van der Waals surface area (Å²) in [6.45, 7) is 4.11. The molecule has 1 N–H and O–H groups in total. The Kier molecular flexibility index (Phi) is 5.87. The van der Waals surface area contributed by atoms with Crippen LogP contribution in [0.2, 0.25) is 0 Å². The van der Waals surface area contributed by atoms with Crippen LogP contribution in [0.4, 0.5) is 0 Å². The highest BCUT2D eigenvalue weighted by Gasteiger charge is 2.19. The van der Waals surface area contributed by atoms with E-state index in [0.29, 0.717) is 30.2 Å². The van der Waals surface area contributed by atoms with E-state index in [1.165, 1.54) is 0 Å². The summed E-state index contributed by atoms with van der Waals surface area (Å²) in [6.07, 6.45) is 2.97. The summed E-state index contributed by atoms with van der Waals surface area (Å²) < 4.78 is 16.5. The number of hydrogen-bond acceptors (Lipinski definition) is 4. The Bertz CT molecular complexity index is 469. The van der Waals surface area contributed by atoms with Crippen molar-refractivity contribution in [2.75, 3.05) is 26.9 Å². The lowest BCUT2D eigenvalue weighted by Crippen LogP contribution is -2.24.